The summed E-state index contributed by atoms with van der Waals surface area (Å²) < 4.78 is 12.6. The topological polar surface area (TPSA) is 66.4 Å². The summed E-state index contributed by atoms with van der Waals surface area (Å²) in [6, 6.07) is 5.84. The Hall–Kier alpha value is -1.91. The monoisotopic (exact) mass is 225 g/mol. The van der Waals surface area contributed by atoms with E-state index >= 15 is 0 Å². The molecule has 86 valence electrons. The number of amides is 1. The zero-order chi connectivity index (χ0) is 12.0. The first-order chi connectivity index (χ1) is 7.58. The number of hydrogen-bond donors (Lipinski definition) is 2. The third kappa shape index (κ3) is 4.54. The molecule has 0 aliphatic rings. The molecular formula is C11H12FNO3. The van der Waals surface area contributed by atoms with Gasteiger partial charge in [0.2, 0.25) is 5.91 Å². The van der Waals surface area contributed by atoms with Crippen LogP contribution < -0.4 is 5.32 Å². The first-order valence-corrected chi connectivity index (χ1v) is 4.81. The van der Waals surface area contributed by atoms with Gasteiger partial charge in [-0.15, -0.1) is 0 Å². The smallest absolute Gasteiger partial charge is 0.322 e. The van der Waals surface area contributed by atoms with Crippen molar-refractivity contribution in [3.8, 4) is 0 Å². The normalized spacial score (nSPS) is 9.81. The van der Waals surface area contributed by atoms with E-state index in [1.54, 1.807) is 12.1 Å². The fourth-order valence-corrected chi connectivity index (χ4v) is 1.17. The zero-order valence-corrected chi connectivity index (χ0v) is 8.57. The van der Waals surface area contributed by atoms with Gasteiger partial charge in [0.25, 0.3) is 0 Å². The Balaban J connectivity index is 2.31. The average Bonchev–Trinajstić information content (AvgIpc) is 2.25. The second-order valence-corrected chi connectivity index (χ2v) is 3.30. The molecule has 0 radical (unpaired) electrons. The van der Waals surface area contributed by atoms with Crippen molar-refractivity contribution in [3.63, 3.8) is 0 Å². The van der Waals surface area contributed by atoms with Gasteiger partial charge in [-0.2, -0.15) is 0 Å². The maximum atomic E-state index is 12.6. The molecule has 5 heteroatoms. The van der Waals surface area contributed by atoms with Gasteiger partial charge in [-0.1, -0.05) is 12.1 Å². The van der Waals surface area contributed by atoms with Gasteiger partial charge < -0.3 is 10.4 Å². The Morgan fingerprint density at radius 1 is 1.25 bits per heavy atom. The molecule has 4 nitrogen and oxygen atoms in total. The van der Waals surface area contributed by atoms with E-state index in [0.717, 1.165) is 5.56 Å². The molecule has 0 aliphatic heterocycles. The molecule has 0 heterocycles. The molecule has 0 bridgehead atoms. The number of halogens is 1. The maximum Gasteiger partial charge on any atom is 0.322 e. The summed E-state index contributed by atoms with van der Waals surface area (Å²) >= 11 is 0. The number of benzene rings is 1. The summed E-state index contributed by atoms with van der Waals surface area (Å²) in [6.45, 7) is -0.373. The predicted molar refractivity (Wildman–Crippen MR) is 55.4 cm³/mol. The van der Waals surface area contributed by atoms with Crippen molar-refractivity contribution in [1.82, 2.24) is 5.32 Å². The van der Waals surface area contributed by atoms with Crippen LogP contribution in [0.4, 0.5) is 4.39 Å². The second kappa shape index (κ2) is 5.85. The number of carbonyl (C=O) groups excluding carboxylic acids is 1. The summed E-state index contributed by atoms with van der Waals surface area (Å²) in [5.74, 6) is -1.72. The van der Waals surface area contributed by atoms with Crippen molar-refractivity contribution in [2.45, 2.75) is 12.8 Å². The second-order valence-electron chi connectivity index (χ2n) is 3.30. The van der Waals surface area contributed by atoms with Crippen LogP contribution in [0.5, 0.6) is 0 Å². The van der Waals surface area contributed by atoms with E-state index in [2.05, 4.69) is 5.32 Å². The number of rotatable bonds is 5. The van der Waals surface area contributed by atoms with Gasteiger partial charge >= 0.3 is 5.97 Å². The van der Waals surface area contributed by atoms with E-state index in [-0.39, 0.29) is 24.7 Å². The van der Waals surface area contributed by atoms with Crippen LogP contribution in [0, 0.1) is 5.82 Å². The molecular weight excluding hydrogens is 213 g/mol. The summed E-state index contributed by atoms with van der Waals surface area (Å²) in [6.07, 6.45) is 0.657. The highest BCUT2D eigenvalue weighted by molar-refractivity contribution is 5.81. The van der Waals surface area contributed by atoms with Gasteiger partial charge in [-0.05, 0) is 24.1 Å². The maximum absolute atomic E-state index is 12.6. The standard InChI is InChI=1S/C11H12FNO3/c12-9-4-1-8(2-5-9)3-6-10(14)13-7-11(15)16/h1-2,4-5H,3,6-7H2,(H,13,14)(H,15,16). The molecule has 0 aliphatic carbocycles. The zero-order valence-electron chi connectivity index (χ0n) is 8.57. The number of nitrogens with one attached hydrogen (secondary N) is 1. The van der Waals surface area contributed by atoms with Crippen LogP contribution >= 0.6 is 0 Å². The quantitative estimate of drug-likeness (QED) is 0.784. The lowest BCUT2D eigenvalue weighted by atomic mass is 10.1. The fourth-order valence-electron chi connectivity index (χ4n) is 1.17. The first-order valence-electron chi connectivity index (χ1n) is 4.81. The molecule has 16 heavy (non-hydrogen) atoms. The molecule has 1 amide bonds. The highest BCUT2D eigenvalue weighted by Gasteiger charge is 2.04. The highest BCUT2D eigenvalue weighted by Crippen LogP contribution is 2.05. The molecule has 0 fully saturated rings. The van der Waals surface area contributed by atoms with Crippen molar-refractivity contribution in [2.24, 2.45) is 0 Å². The number of hydrogen-bond acceptors (Lipinski definition) is 2. The Morgan fingerprint density at radius 2 is 1.88 bits per heavy atom. The van der Waals surface area contributed by atoms with Crippen molar-refractivity contribution < 1.29 is 19.1 Å². The van der Waals surface area contributed by atoms with Crippen LogP contribution in [0.1, 0.15) is 12.0 Å². The lowest BCUT2D eigenvalue weighted by Gasteiger charge is -2.02. The summed E-state index contributed by atoms with van der Waals surface area (Å²) in [5, 5.41) is 10.6. The SMILES string of the molecule is O=C(O)CNC(=O)CCc1ccc(F)cc1. The Bertz CT molecular complexity index is 375. The molecule has 0 atom stereocenters. The highest BCUT2D eigenvalue weighted by atomic mass is 19.1. The lowest BCUT2D eigenvalue weighted by Crippen LogP contribution is -2.29. The number of aryl methyl sites for hydroxylation is 1. The summed E-state index contributed by atoms with van der Waals surface area (Å²) in [5.41, 5.74) is 0.840. The van der Waals surface area contributed by atoms with Gasteiger partial charge in [0.15, 0.2) is 0 Å². The molecule has 0 saturated carbocycles. The molecule has 0 unspecified atom stereocenters. The minimum atomic E-state index is -1.07. The number of carboxylic acids is 1. The van der Waals surface area contributed by atoms with E-state index in [9.17, 15) is 14.0 Å². The van der Waals surface area contributed by atoms with Crippen LogP contribution in [0.15, 0.2) is 24.3 Å². The summed E-state index contributed by atoms with van der Waals surface area (Å²) in [4.78, 5) is 21.3. The van der Waals surface area contributed by atoms with Gasteiger partial charge in [-0.3, -0.25) is 9.59 Å². The molecule has 1 aromatic rings. The molecule has 1 rings (SSSR count). The van der Waals surface area contributed by atoms with Crippen LogP contribution in [0.25, 0.3) is 0 Å². The van der Waals surface area contributed by atoms with Crippen LogP contribution in [0.2, 0.25) is 0 Å². The molecule has 1 aromatic carbocycles. The van der Waals surface area contributed by atoms with E-state index in [0.29, 0.717) is 6.42 Å². The molecule has 0 saturated heterocycles. The van der Waals surface area contributed by atoms with Crippen LogP contribution in [0.3, 0.4) is 0 Å². The third-order valence-electron chi connectivity index (χ3n) is 1.99. The Kier molecular flexibility index (Phi) is 4.44. The van der Waals surface area contributed by atoms with Gasteiger partial charge in [0.1, 0.15) is 12.4 Å². The van der Waals surface area contributed by atoms with E-state index in [1.807, 2.05) is 0 Å². The van der Waals surface area contributed by atoms with Crippen molar-refractivity contribution in [3.05, 3.63) is 35.6 Å². The first kappa shape index (κ1) is 12.2. The third-order valence-corrected chi connectivity index (χ3v) is 1.99. The number of aliphatic carboxylic acids is 1. The average molecular weight is 225 g/mol. The van der Waals surface area contributed by atoms with Crippen LogP contribution in [-0.2, 0) is 16.0 Å². The van der Waals surface area contributed by atoms with Gasteiger partial charge in [0.05, 0.1) is 0 Å². The Labute approximate surface area is 92.1 Å². The molecule has 2 N–H and O–H groups in total. The lowest BCUT2D eigenvalue weighted by molar-refractivity contribution is -0.137. The van der Waals surface area contributed by atoms with E-state index in [4.69, 9.17) is 5.11 Å². The van der Waals surface area contributed by atoms with Crippen molar-refractivity contribution in [2.75, 3.05) is 6.54 Å². The van der Waals surface area contributed by atoms with Gasteiger partial charge in [-0.25, -0.2) is 4.39 Å². The number of carboxylic acid groups (broad SMARTS) is 1. The number of carbonyl (C=O) groups is 2. The minimum Gasteiger partial charge on any atom is -0.480 e. The summed E-state index contributed by atoms with van der Waals surface area (Å²) in [7, 11) is 0. The van der Waals surface area contributed by atoms with Crippen molar-refractivity contribution >= 4 is 11.9 Å². The van der Waals surface area contributed by atoms with E-state index < -0.39 is 5.97 Å². The van der Waals surface area contributed by atoms with E-state index in [1.165, 1.54) is 12.1 Å². The molecule has 0 spiro atoms. The predicted octanol–water partition coefficient (Wildman–Crippen LogP) is 0.959. The molecule has 0 aromatic heterocycles. The van der Waals surface area contributed by atoms with Crippen molar-refractivity contribution in [1.29, 1.82) is 0 Å². The fraction of sp³-hybridized carbons (Fsp3) is 0.273. The van der Waals surface area contributed by atoms with Crippen LogP contribution in [-0.4, -0.2) is 23.5 Å². The Morgan fingerprint density at radius 3 is 2.44 bits per heavy atom. The largest absolute Gasteiger partial charge is 0.480 e. The minimum absolute atomic E-state index is 0.193. The van der Waals surface area contributed by atoms with Gasteiger partial charge in [0, 0.05) is 6.42 Å².